The molecule has 2 N–H and O–H groups in total. The van der Waals surface area contributed by atoms with Crippen LogP contribution >= 0.6 is 15.9 Å². The van der Waals surface area contributed by atoms with E-state index in [2.05, 4.69) is 21.2 Å². The van der Waals surface area contributed by atoms with Gasteiger partial charge in [0.1, 0.15) is 0 Å². The third kappa shape index (κ3) is 4.41. The topological polar surface area (TPSA) is 49.3 Å². The van der Waals surface area contributed by atoms with Crippen LogP contribution in [0.1, 0.15) is 22.7 Å². The van der Waals surface area contributed by atoms with E-state index in [9.17, 15) is 9.90 Å². The van der Waals surface area contributed by atoms with E-state index in [1.165, 1.54) is 0 Å². The molecule has 0 unspecified atom stereocenters. The number of carbonyl (C=O) groups excluding carboxylic acids is 1. The Bertz CT molecular complexity index is 613. The average molecular weight is 348 g/mol. The predicted molar refractivity (Wildman–Crippen MR) is 87.0 cm³/mol. The maximum atomic E-state index is 12.2. The lowest BCUT2D eigenvalue weighted by atomic mass is 10.0. The molecule has 3 nitrogen and oxygen atoms in total. The number of amides is 1. The molecule has 2 rings (SSSR count). The molecule has 0 aliphatic rings. The first-order valence-electron chi connectivity index (χ1n) is 6.80. The number of rotatable bonds is 5. The van der Waals surface area contributed by atoms with Crippen LogP contribution in [0.3, 0.4) is 0 Å². The number of hydrogen-bond donors (Lipinski definition) is 2. The Balaban J connectivity index is 2.03. The molecule has 21 heavy (non-hydrogen) atoms. The van der Waals surface area contributed by atoms with Crippen molar-refractivity contribution in [3.05, 3.63) is 69.7 Å². The zero-order valence-electron chi connectivity index (χ0n) is 11.8. The number of aliphatic hydroxyl groups excluding tert-OH is 1. The third-order valence-electron chi connectivity index (χ3n) is 3.38. The minimum Gasteiger partial charge on any atom is -0.394 e. The molecule has 2 aromatic carbocycles. The molecule has 1 amide bonds. The number of hydrogen-bond acceptors (Lipinski definition) is 2. The van der Waals surface area contributed by atoms with Gasteiger partial charge in [0.15, 0.2) is 0 Å². The van der Waals surface area contributed by atoms with Crippen molar-refractivity contribution in [3.8, 4) is 0 Å². The minimum absolute atomic E-state index is 0.0941. The molecule has 0 saturated heterocycles. The molecular weight excluding hydrogens is 330 g/mol. The van der Waals surface area contributed by atoms with Gasteiger partial charge in [-0.3, -0.25) is 4.79 Å². The van der Waals surface area contributed by atoms with E-state index < -0.39 is 0 Å². The molecule has 0 fully saturated rings. The summed E-state index contributed by atoms with van der Waals surface area (Å²) < 4.78 is 1.00. The highest BCUT2D eigenvalue weighted by molar-refractivity contribution is 9.10. The van der Waals surface area contributed by atoms with Gasteiger partial charge in [-0.05, 0) is 35.7 Å². The van der Waals surface area contributed by atoms with Crippen LogP contribution in [0.5, 0.6) is 0 Å². The lowest BCUT2D eigenvalue weighted by Gasteiger charge is -2.17. The maximum Gasteiger partial charge on any atom is 0.224 e. The van der Waals surface area contributed by atoms with Gasteiger partial charge in [-0.1, -0.05) is 52.3 Å². The predicted octanol–water partition coefficient (Wildman–Crippen LogP) is 3.15. The maximum absolute atomic E-state index is 12.2. The zero-order valence-corrected chi connectivity index (χ0v) is 13.4. The summed E-state index contributed by atoms with van der Waals surface area (Å²) in [5.74, 6) is -0.0941. The molecule has 0 saturated carbocycles. The van der Waals surface area contributed by atoms with Gasteiger partial charge in [0.25, 0.3) is 0 Å². The van der Waals surface area contributed by atoms with E-state index >= 15 is 0 Å². The molecule has 1 atom stereocenters. The van der Waals surface area contributed by atoms with Crippen LogP contribution in [0.4, 0.5) is 0 Å². The number of benzene rings is 2. The van der Waals surface area contributed by atoms with Gasteiger partial charge in [-0.15, -0.1) is 0 Å². The van der Waals surface area contributed by atoms with Gasteiger partial charge in [0.2, 0.25) is 5.91 Å². The molecule has 0 spiro atoms. The Morgan fingerprint density at radius 3 is 2.57 bits per heavy atom. The molecule has 4 heteroatoms. The van der Waals surface area contributed by atoms with E-state index in [1.807, 2.05) is 55.5 Å². The summed E-state index contributed by atoms with van der Waals surface area (Å²) in [7, 11) is 0. The molecular formula is C17H18BrNO2. The van der Waals surface area contributed by atoms with E-state index in [4.69, 9.17) is 0 Å². The molecule has 0 aromatic heterocycles. The molecule has 0 bridgehead atoms. The highest BCUT2D eigenvalue weighted by Crippen LogP contribution is 2.17. The highest BCUT2D eigenvalue weighted by atomic mass is 79.9. The van der Waals surface area contributed by atoms with Crippen LogP contribution in [0, 0.1) is 6.92 Å². The second kappa shape index (κ2) is 7.38. The van der Waals surface area contributed by atoms with Crippen molar-refractivity contribution < 1.29 is 9.90 Å². The number of halogens is 1. The average Bonchev–Trinajstić information content (AvgIpc) is 2.48. The molecule has 0 aliphatic heterocycles. The van der Waals surface area contributed by atoms with Crippen LogP contribution in [0.2, 0.25) is 0 Å². The SMILES string of the molecule is Cc1cc(Br)ccc1CC(=O)N[C@H](CO)c1ccccc1. The number of aryl methyl sites for hydroxylation is 1. The van der Waals surface area contributed by atoms with Crippen molar-refractivity contribution in [2.24, 2.45) is 0 Å². The van der Waals surface area contributed by atoms with Crippen LogP contribution < -0.4 is 5.32 Å². The standard InChI is InChI=1S/C17H18BrNO2/c1-12-9-15(18)8-7-14(12)10-17(21)19-16(11-20)13-5-3-2-4-6-13/h2-9,16,20H,10-11H2,1H3,(H,19,21)/t16-/m1/s1. The number of carbonyl (C=O) groups is 1. The van der Waals surface area contributed by atoms with Gasteiger partial charge >= 0.3 is 0 Å². The van der Waals surface area contributed by atoms with E-state index in [1.54, 1.807) is 0 Å². The van der Waals surface area contributed by atoms with Crippen molar-refractivity contribution in [2.45, 2.75) is 19.4 Å². The lowest BCUT2D eigenvalue weighted by Crippen LogP contribution is -2.32. The summed E-state index contributed by atoms with van der Waals surface area (Å²) in [4.78, 5) is 12.2. The van der Waals surface area contributed by atoms with Gasteiger partial charge in [-0.25, -0.2) is 0 Å². The normalized spacial score (nSPS) is 12.0. The van der Waals surface area contributed by atoms with Gasteiger partial charge in [0, 0.05) is 4.47 Å². The lowest BCUT2D eigenvalue weighted by molar-refractivity contribution is -0.121. The molecule has 110 valence electrons. The molecule has 0 aliphatic carbocycles. The second-order valence-corrected chi connectivity index (χ2v) is 5.88. The van der Waals surface area contributed by atoms with Crippen LogP contribution in [-0.2, 0) is 11.2 Å². The summed E-state index contributed by atoms with van der Waals surface area (Å²) in [6.45, 7) is 1.86. The summed E-state index contributed by atoms with van der Waals surface area (Å²) in [6, 6.07) is 15.0. The van der Waals surface area contributed by atoms with Gasteiger partial charge in [0.05, 0.1) is 19.1 Å². The Kier molecular flexibility index (Phi) is 5.53. The van der Waals surface area contributed by atoms with E-state index in [0.29, 0.717) is 6.42 Å². The fraction of sp³-hybridized carbons (Fsp3) is 0.235. The number of nitrogens with one attached hydrogen (secondary N) is 1. The fourth-order valence-electron chi connectivity index (χ4n) is 2.20. The smallest absolute Gasteiger partial charge is 0.224 e. The molecule has 2 aromatic rings. The monoisotopic (exact) mass is 347 g/mol. The fourth-order valence-corrected chi connectivity index (χ4v) is 2.67. The summed E-state index contributed by atoms with van der Waals surface area (Å²) >= 11 is 3.41. The van der Waals surface area contributed by atoms with E-state index in [0.717, 1.165) is 21.2 Å². The van der Waals surface area contributed by atoms with Crippen molar-refractivity contribution >= 4 is 21.8 Å². The first-order valence-corrected chi connectivity index (χ1v) is 7.59. The first kappa shape index (κ1) is 15.7. The first-order chi connectivity index (χ1) is 10.1. The Morgan fingerprint density at radius 2 is 1.95 bits per heavy atom. The van der Waals surface area contributed by atoms with Crippen molar-refractivity contribution in [1.29, 1.82) is 0 Å². The summed E-state index contributed by atoms with van der Waals surface area (Å²) in [5, 5.41) is 12.3. The highest BCUT2D eigenvalue weighted by Gasteiger charge is 2.14. The largest absolute Gasteiger partial charge is 0.394 e. The Labute approximate surface area is 133 Å². The van der Waals surface area contributed by atoms with Crippen LogP contribution in [0.15, 0.2) is 53.0 Å². The third-order valence-corrected chi connectivity index (χ3v) is 3.87. The van der Waals surface area contributed by atoms with Crippen molar-refractivity contribution in [3.63, 3.8) is 0 Å². The van der Waals surface area contributed by atoms with Crippen LogP contribution in [-0.4, -0.2) is 17.6 Å². The second-order valence-electron chi connectivity index (χ2n) is 4.96. The van der Waals surface area contributed by atoms with Crippen molar-refractivity contribution in [2.75, 3.05) is 6.61 Å². The van der Waals surface area contributed by atoms with Gasteiger partial charge < -0.3 is 10.4 Å². The van der Waals surface area contributed by atoms with Crippen molar-refractivity contribution in [1.82, 2.24) is 5.32 Å². The van der Waals surface area contributed by atoms with Crippen LogP contribution in [0.25, 0.3) is 0 Å². The van der Waals surface area contributed by atoms with E-state index in [-0.39, 0.29) is 18.6 Å². The van der Waals surface area contributed by atoms with Gasteiger partial charge in [-0.2, -0.15) is 0 Å². The Morgan fingerprint density at radius 1 is 1.24 bits per heavy atom. The summed E-state index contributed by atoms with van der Waals surface area (Å²) in [6.07, 6.45) is 0.308. The number of aliphatic hydroxyl groups is 1. The zero-order chi connectivity index (χ0) is 15.2. The molecule has 0 heterocycles. The summed E-state index contributed by atoms with van der Waals surface area (Å²) in [5.41, 5.74) is 2.96. The quantitative estimate of drug-likeness (QED) is 0.872. The minimum atomic E-state index is -0.366. The molecule has 0 radical (unpaired) electrons. The Hall–Kier alpha value is -1.65.